The van der Waals surface area contributed by atoms with Crippen molar-refractivity contribution in [2.24, 2.45) is 5.73 Å². The molecule has 2 aromatic rings. The minimum atomic E-state index is -0.256. The number of hydrogen-bond acceptors (Lipinski definition) is 3. The summed E-state index contributed by atoms with van der Waals surface area (Å²) in [6.07, 6.45) is 3.83. The first-order valence-corrected chi connectivity index (χ1v) is 8.35. The van der Waals surface area contributed by atoms with Gasteiger partial charge in [-0.2, -0.15) is 0 Å². The van der Waals surface area contributed by atoms with Gasteiger partial charge in [-0.25, -0.2) is 4.39 Å². The van der Waals surface area contributed by atoms with E-state index in [9.17, 15) is 9.18 Å². The highest BCUT2D eigenvalue weighted by atomic mass is 35.5. The normalized spacial score (nSPS) is 20.6. The van der Waals surface area contributed by atoms with Crippen LogP contribution in [0.5, 0.6) is 0 Å². The third kappa shape index (κ3) is 4.53. The van der Waals surface area contributed by atoms with E-state index in [1.54, 1.807) is 12.1 Å². The molecule has 1 fully saturated rings. The van der Waals surface area contributed by atoms with Gasteiger partial charge in [-0.1, -0.05) is 12.1 Å². The summed E-state index contributed by atoms with van der Waals surface area (Å²) in [5.41, 5.74) is 6.80. The Bertz CT molecular complexity index is 651. The smallest absolute Gasteiger partial charge is 0.261 e. The van der Waals surface area contributed by atoms with Crippen molar-refractivity contribution < 1.29 is 9.18 Å². The van der Waals surface area contributed by atoms with Gasteiger partial charge in [0.05, 0.1) is 4.88 Å². The topological polar surface area (TPSA) is 55.1 Å². The summed E-state index contributed by atoms with van der Waals surface area (Å²) < 4.78 is 13.0. The molecule has 0 aliphatic heterocycles. The van der Waals surface area contributed by atoms with E-state index in [-0.39, 0.29) is 36.2 Å². The number of nitrogens with one attached hydrogen (secondary N) is 1. The number of carbonyl (C=O) groups excluding carboxylic acids is 1. The molecule has 124 valence electrons. The zero-order valence-electron chi connectivity index (χ0n) is 12.6. The van der Waals surface area contributed by atoms with E-state index in [0.29, 0.717) is 4.88 Å². The second-order valence-electron chi connectivity index (χ2n) is 5.76. The predicted octanol–water partition coefficient (Wildman–Crippen LogP) is 3.98. The van der Waals surface area contributed by atoms with Crippen LogP contribution in [0, 0.1) is 5.82 Å². The Morgan fingerprint density at radius 2 is 1.74 bits per heavy atom. The molecule has 1 heterocycles. The molecule has 0 spiro atoms. The van der Waals surface area contributed by atoms with Crippen LogP contribution in [0.4, 0.5) is 4.39 Å². The van der Waals surface area contributed by atoms with E-state index in [1.165, 1.54) is 23.5 Å². The molecule has 3 N–H and O–H groups in total. The first-order chi connectivity index (χ1) is 10.6. The quantitative estimate of drug-likeness (QED) is 0.876. The number of halogens is 2. The molecule has 0 atom stereocenters. The molecule has 0 saturated heterocycles. The number of thiophene rings is 1. The van der Waals surface area contributed by atoms with Crippen molar-refractivity contribution in [1.82, 2.24) is 5.32 Å². The largest absolute Gasteiger partial charge is 0.349 e. The standard InChI is InChI=1S/C17H19FN2OS.ClH/c18-12-3-1-11(2-4-12)15-9-10-16(22-15)17(21)20-14-7-5-13(19)6-8-14;/h1-4,9-10,13-14H,5-8,19H2,(H,20,21);1H. The zero-order valence-corrected chi connectivity index (χ0v) is 14.3. The molecule has 1 aliphatic carbocycles. The molecule has 0 radical (unpaired) electrons. The van der Waals surface area contributed by atoms with Crippen LogP contribution in [0.15, 0.2) is 36.4 Å². The third-order valence-electron chi connectivity index (χ3n) is 4.07. The summed E-state index contributed by atoms with van der Waals surface area (Å²) in [6.45, 7) is 0. The molecule has 0 bridgehead atoms. The van der Waals surface area contributed by atoms with Gasteiger partial charge in [-0.15, -0.1) is 23.7 Å². The maximum absolute atomic E-state index is 13.0. The van der Waals surface area contributed by atoms with Crippen LogP contribution in [0.1, 0.15) is 35.4 Å². The van der Waals surface area contributed by atoms with Gasteiger partial charge in [0, 0.05) is 17.0 Å². The molecule has 1 aromatic carbocycles. The summed E-state index contributed by atoms with van der Waals surface area (Å²) >= 11 is 1.43. The minimum Gasteiger partial charge on any atom is -0.349 e. The predicted molar refractivity (Wildman–Crippen MR) is 94.7 cm³/mol. The SMILES string of the molecule is Cl.NC1CCC(NC(=O)c2ccc(-c3ccc(F)cc3)s2)CC1. The summed E-state index contributed by atoms with van der Waals surface area (Å²) in [7, 11) is 0. The van der Waals surface area contributed by atoms with E-state index < -0.39 is 0 Å². The van der Waals surface area contributed by atoms with Gasteiger partial charge >= 0.3 is 0 Å². The average molecular weight is 355 g/mol. The zero-order chi connectivity index (χ0) is 15.5. The van der Waals surface area contributed by atoms with Crippen LogP contribution in [0.2, 0.25) is 0 Å². The molecule has 1 saturated carbocycles. The fraction of sp³-hybridized carbons (Fsp3) is 0.353. The molecule has 0 unspecified atom stereocenters. The van der Waals surface area contributed by atoms with Gasteiger partial charge in [0.25, 0.3) is 5.91 Å². The molecular weight excluding hydrogens is 335 g/mol. The highest BCUT2D eigenvalue weighted by molar-refractivity contribution is 7.17. The fourth-order valence-electron chi connectivity index (χ4n) is 2.75. The lowest BCUT2D eigenvalue weighted by Crippen LogP contribution is -2.40. The van der Waals surface area contributed by atoms with Crippen molar-refractivity contribution >= 4 is 29.7 Å². The average Bonchev–Trinajstić information content (AvgIpc) is 3.00. The van der Waals surface area contributed by atoms with Gasteiger partial charge in [0.1, 0.15) is 5.82 Å². The second kappa shape index (κ2) is 7.90. The van der Waals surface area contributed by atoms with Gasteiger partial charge in [-0.3, -0.25) is 4.79 Å². The number of nitrogens with two attached hydrogens (primary N) is 1. The van der Waals surface area contributed by atoms with E-state index >= 15 is 0 Å². The van der Waals surface area contributed by atoms with Crippen molar-refractivity contribution in [1.29, 1.82) is 0 Å². The Hall–Kier alpha value is -1.43. The van der Waals surface area contributed by atoms with Crippen molar-refractivity contribution in [3.05, 3.63) is 47.1 Å². The van der Waals surface area contributed by atoms with Crippen LogP contribution < -0.4 is 11.1 Å². The van der Waals surface area contributed by atoms with Crippen LogP contribution in [0.25, 0.3) is 10.4 Å². The van der Waals surface area contributed by atoms with Gasteiger partial charge in [0.2, 0.25) is 0 Å². The fourth-order valence-corrected chi connectivity index (χ4v) is 3.66. The Labute approximate surface area is 145 Å². The van der Waals surface area contributed by atoms with Crippen LogP contribution >= 0.6 is 23.7 Å². The summed E-state index contributed by atoms with van der Waals surface area (Å²) in [5.74, 6) is -0.285. The van der Waals surface area contributed by atoms with Crippen LogP contribution in [-0.4, -0.2) is 18.0 Å². The van der Waals surface area contributed by atoms with E-state index in [1.807, 2.05) is 12.1 Å². The van der Waals surface area contributed by atoms with Gasteiger partial charge in [-0.05, 0) is 55.5 Å². The Morgan fingerprint density at radius 1 is 1.09 bits per heavy atom. The summed E-state index contributed by atoms with van der Waals surface area (Å²) in [6, 6.07) is 10.6. The maximum Gasteiger partial charge on any atom is 0.261 e. The van der Waals surface area contributed by atoms with Crippen molar-refractivity contribution in [3.63, 3.8) is 0 Å². The Balaban J connectivity index is 0.00000192. The molecule has 3 nitrogen and oxygen atoms in total. The first-order valence-electron chi connectivity index (χ1n) is 7.54. The molecule has 1 amide bonds. The first kappa shape index (κ1) is 17.9. The molecule has 6 heteroatoms. The molecule has 1 aliphatic rings. The maximum atomic E-state index is 13.0. The molecular formula is C17H20ClFN2OS. The third-order valence-corrected chi connectivity index (χ3v) is 5.20. The Kier molecular flexibility index (Phi) is 6.16. The minimum absolute atomic E-state index is 0. The van der Waals surface area contributed by atoms with Crippen LogP contribution in [-0.2, 0) is 0 Å². The highest BCUT2D eigenvalue weighted by Gasteiger charge is 2.21. The van der Waals surface area contributed by atoms with Crippen molar-refractivity contribution in [2.75, 3.05) is 0 Å². The van der Waals surface area contributed by atoms with Gasteiger partial charge in [0.15, 0.2) is 0 Å². The monoisotopic (exact) mass is 354 g/mol. The van der Waals surface area contributed by atoms with E-state index in [4.69, 9.17) is 5.73 Å². The second-order valence-corrected chi connectivity index (χ2v) is 6.84. The lowest BCUT2D eigenvalue weighted by Gasteiger charge is -2.26. The van der Waals surface area contributed by atoms with E-state index in [2.05, 4.69) is 5.32 Å². The van der Waals surface area contributed by atoms with Crippen molar-refractivity contribution in [3.8, 4) is 10.4 Å². The number of rotatable bonds is 3. The van der Waals surface area contributed by atoms with E-state index in [0.717, 1.165) is 36.1 Å². The number of amides is 1. The van der Waals surface area contributed by atoms with Gasteiger partial charge < -0.3 is 11.1 Å². The highest BCUT2D eigenvalue weighted by Crippen LogP contribution is 2.28. The summed E-state index contributed by atoms with van der Waals surface area (Å²) in [4.78, 5) is 14.0. The lowest BCUT2D eigenvalue weighted by atomic mass is 9.92. The van der Waals surface area contributed by atoms with Crippen molar-refractivity contribution in [2.45, 2.75) is 37.8 Å². The Morgan fingerprint density at radius 3 is 2.39 bits per heavy atom. The van der Waals surface area contributed by atoms with Crippen LogP contribution in [0.3, 0.4) is 0 Å². The summed E-state index contributed by atoms with van der Waals surface area (Å²) in [5, 5.41) is 3.09. The lowest BCUT2D eigenvalue weighted by molar-refractivity contribution is 0.0930. The molecule has 23 heavy (non-hydrogen) atoms. The number of hydrogen-bond donors (Lipinski definition) is 2. The molecule has 3 rings (SSSR count). The number of benzene rings is 1. The molecule has 1 aromatic heterocycles. The number of carbonyl (C=O) groups is 1.